The van der Waals surface area contributed by atoms with Gasteiger partial charge >= 0.3 is 0 Å². The molecule has 0 aromatic carbocycles. The van der Waals surface area contributed by atoms with Crippen molar-refractivity contribution < 1.29 is 0 Å². The van der Waals surface area contributed by atoms with Gasteiger partial charge < -0.3 is 10.3 Å². The highest BCUT2D eigenvalue weighted by atomic mass is 15.1. The van der Waals surface area contributed by atoms with Crippen LogP contribution in [0.2, 0.25) is 0 Å². The van der Waals surface area contributed by atoms with Crippen molar-refractivity contribution in [1.82, 2.24) is 9.55 Å². The maximum absolute atomic E-state index is 6.13. The molecule has 17 heavy (non-hydrogen) atoms. The van der Waals surface area contributed by atoms with Gasteiger partial charge in [0.15, 0.2) is 0 Å². The third-order valence-corrected chi connectivity index (χ3v) is 3.06. The molecule has 0 atom stereocenters. The summed E-state index contributed by atoms with van der Waals surface area (Å²) in [6.07, 6.45) is 8.82. The SMILES string of the molecule is C=CCn1c(CC)nc(CCCCCC)c1N. The van der Waals surface area contributed by atoms with Crippen molar-refractivity contribution in [2.75, 3.05) is 5.73 Å². The first-order chi connectivity index (χ1) is 8.24. The number of imidazole rings is 1. The maximum atomic E-state index is 6.13. The number of aromatic nitrogens is 2. The topological polar surface area (TPSA) is 43.8 Å². The van der Waals surface area contributed by atoms with Gasteiger partial charge in [0.05, 0.1) is 5.69 Å². The Morgan fingerprint density at radius 1 is 1.29 bits per heavy atom. The minimum Gasteiger partial charge on any atom is -0.384 e. The molecule has 0 spiro atoms. The van der Waals surface area contributed by atoms with Crippen LogP contribution in [0.15, 0.2) is 12.7 Å². The highest BCUT2D eigenvalue weighted by Gasteiger charge is 2.11. The number of rotatable bonds is 8. The largest absolute Gasteiger partial charge is 0.384 e. The van der Waals surface area contributed by atoms with E-state index in [0.29, 0.717) is 0 Å². The van der Waals surface area contributed by atoms with E-state index in [1.54, 1.807) is 0 Å². The fourth-order valence-corrected chi connectivity index (χ4v) is 2.07. The van der Waals surface area contributed by atoms with E-state index in [0.717, 1.165) is 36.7 Å². The van der Waals surface area contributed by atoms with Gasteiger partial charge in [-0.15, -0.1) is 6.58 Å². The second-order valence-electron chi connectivity index (χ2n) is 4.42. The highest BCUT2D eigenvalue weighted by Crippen LogP contribution is 2.18. The summed E-state index contributed by atoms with van der Waals surface area (Å²) in [5.41, 5.74) is 7.20. The van der Waals surface area contributed by atoms with Crippen molar-refractivity contribution >= 4 is 5.82 Å². The molecular weight excluding hydrogens is 210 g/mol. The zero-order chi connectivity index (χ0) is 12.7. The quantitative estimate of drug-likeness (QED) is 0.555. The second-order valence-corrected chi connectivity index (χ2v) is 4.42. The lowest BCUT2D eigenvalue weighted by atomic mass is 10.1. The molecule has 0 unspecified atom stereocenters. The smallest absolute Gasteiger partial charge is 0.127 e. The van der Waals surface area contributed by atoms with Crippen LogP contribution in [0.1, 0.15) is 51.0 Å². The number of hydrogen-bond donors (Lipinski definition) is 1. The van der Waals surface area contributed by atoms with E-state index in [2.05, 4.69) is 30.0 Å². The summed E-state index contributed by atoms with van der Waals surface area (Å²) in [7, 11) is 0. The number of unbranched alkanes of at least 4 members (excludes halogenated alkanes) is 3. The van der Waals surface area contributed by atoms with Gasteiger partial charge in [0, 0.05) is 13.0 Å². The molecule has 3 nitrogen and oxygen atoms in total. The zero-order valence-electron chi connectivity index (χ0n) is 11.2. The van der Waals surface area contributed by atoms with Gasteiger partial charge in [-0.3, -0.25) is 0 Å². The lowest BCUT2D eigenvalue weighted by Crippen LogP contribution is -2.05. The average molecular weight is 235 g/mol. The number of nitrogens with two attached hydrogens (primary N) is 1. The van der Waals surface area contributed by atoms with Crippen LogP contribution in [0, 0.1) is 0 Å². The number of allylic oxidation sites excluding steroid dienone is 1. The summed E-state index contributed by atoms with van der Waals surface area (Å²) < 4.78 is 2.07. The number of anilines is 1. The molecule has 0 amide bonds. The van der Waals surface area contributed by atoms with E-state index >= 15 is 0 Å². The van der Waals surface area contributed by atoms with Gasteiger partial charge in [0.2, 0.25) is 0 Å². The fraction of sp³-hybridized carbons (Fsp3) is 0.643. The van der Waals surface area contributed by atoms with Crippen molar-refractivity contribution in [3.05, 3.63) is 24.2 Å². The predicted octanol–water partition coefficient (Wildman–Crippen LogP) is 3.34. The van der Waals surface area contributed by atoms with Crippen LogP contribution < -0.4 is 5.73 Å². The lowest BCUT2D eigenvalue weighted by molar-refractivity contribution is 0.662. The Bertz CT molecular complexity index is 353. The molecule has 3 heteroatoms. The molecule has 0 radical (unpaired) electrons. The first-order valence-corrected chi connectivity index (χ1v) is 6.69. The standard InChI is InChI=1S/C14H25N3/c1-4-7-8-9-10-12-14(15)17(11-5-2)13(6-3)16-12/h5H,2,4,6-11,15H2,1,3H3. The van der Waals surface area contributed by atoms with Gasteiger partial charge in [-0.2, -0.15) is 0 Å². The summed E-state index contributed by atoms with van der Waals surface area (Å²) in [6.45, 7) is 8.86. The van der Waals surface area contributed by atoms with Crippen molar-refractivity contribution in [3.63, 3.8) is 0 Å². The summed E-state index contributed by atoms with van der Waals surface area (Å²) in [4.78, 5) is 4.63. The summed E-state index contributed by atoms with van der Waals surface area (Å²) in [5, 5.41) is 0. The van der Waals surface area contributed by atoms with Crippen molar-refractivity contribution in [3.8, 4) is 0 Å². The lowest BCUT2D eigenvalue weighted by Gasteiger charge is -2.05. The maximum Gasteiger partial charge on any atom is 0.127 e. The molecular formula is C14H25N3. The zero-order valence-corrected chi connectivity index (χ0v) is 11.2. The fourth-order valence-electron chi connectivity index (χ4n) is 2.07. The van der Waals surface area contributed by atoms with Crippen molar-refractivity contribution in [2.24, 2.45) is 0 Å². The molecule has 1 rings (SSSR count). The molecule has 0 aliphatic carbocycles. The van der Waals surface area contributed by atoms with E-state index in [1.807, 2.05) is 6.08 Å². The van der Waals surface area contributed by atoms with Gasteiger partial charge in [0.25, 0.3) is 0 Å². The molecule has 0 saturated heterocycles. The van der Waals surface area contributed by atoms with E-state index < -0.39 is 0 Å². The van der Waals surface area contributed by atoms with E-state index in [-0.39, 0.29) is 0 Å². The summed E-state index contributed by atoms with van der Waals surface area (Å²) >= 11 is 0. The highest BCUT2D eigenvalue weighted by molar-refractivity contribution is 5.38. The Morgan fingerprint density at radius 2 is 2.06 bits per heavy atom. The van der Waals surface area contributed by atoms with E-state index in [1.165, 1.54) is 25.7 Å². The Hall–Kier alpha value is -1.25. The molecule has 0 fully saturated rings. The third-order valence-electron chi connectivity index (χ3n) is 3.06. The molecule has 2 N–H and O–H groups in total. The Kier molecular flexibility index (Phi) is 5.81. The second kappa shape index (κ2) is 7.15. The molecule has 96 valence electrons. The van der Waals surface area contributed by atoms with E-state index in [4.69, 9.17) is 5.73 Å². The van der Waals surface area contributed by atoms with Crippen LogP contribution in [-0.4, -0.2) is 9.55 Å². The molecule has 1 heterocycles. The molecule has 1 aromatic heterocycles. The van der Waals surface area contributed by atoms with Gasteiger partial charge in [-0.25, -0.2) is 4.98 Å². The van der Waals surface area contributed by atoms with Crippen LogP contribution in [-0.2, 0) is 19.4 Å². The third kappa shape index (κ3) is 3.62. The number of aryl methyl sites for hydroxylation is 2. The van der Waals surface area contributed by atoms with Crippen LogP contribution in [0.3, 0.4) is 0 Å². The number of hydrogen-bond acceptors (Lipinski definition) is 2. The minimum atomic E-state index is 0.761. The molecule has 1 aromatic rings. The normalized spacial score (nSPS) is 10.7. The van der Waals surface area contributed by atoms with Crippen molar-refractivity contribution in [1.29, 1.82) is 0 Å². The molecule has 0 aliphatic rings. The number of nitrogens with zero attached hydrogens (tertiary/aromatic N) is 2. The Morgan fingerprint density at radius 3 is 2.65 bits per heavy atom. The van der Waals surface area contributed by atoms with Crippen LogP contribution in [0.5, 0.6) is 0 Å². The summed E-state index contributed by atoms with van der Waals surface area (Å²) in [5.74, 6) is 1.91. The van der Waals surface area contributed by atoms with Crippen LogP contribution >= 0.6 is 0 Å². The van der Waals surface area contributed by atoms with E-state index in [9.17, 15) is 0 Å². The summed E-state index contributed by atoms with van der Waals surface area (Å²) in [6, 6.07) is 0. The van der Waals surface area contributed by atoms with Crippen LogP contribution in [0.25, 0.3) is 0 Å². The Balaban J connectivity index is 2.68. The monoisotopic (exact) mass is 235 g/mol. The average Bonchev–Trinajstić information content (AvgIpc) is 2.63. The molecule has 0 bridgehead atoms. The molecule has 0 aliphatic heterocycles. The van der Waals surface area contributed by atoms with Crippen LogP contribution in [0.4, 0.5) is 5.82 Å². The minimum absolute atomic E-state index is 0.761. The first kappa shape index (κ1) is 13.8. The Labute approximate surface area is 105 Å². The van der Waals surface area contributed by atoms with Gasteiger partial charge in [-0.05, 0) is 12.8 Å². The first-order valence-electron chi connectivity index (χ1n) is 6.69. The number of nitrogen functional groups attached to an aromatic ring is 1. The van der Waals surface area contributed by atoms with Crippen molar-refractivity contribution in [2.45, 2.75) is 58.9 Å². The van der Waals surface area contributed by atoms with Gasteiger partial charge in [0.1, 0.15) is 11.6 Å². The predicted molar refractivity (Wildman–Crippen MR) is 74.1 cm³/mol. The van der Waals surface area contributed by atoms with Gasteiger partial charge in [-0.1, -0.05) is 39.2 Å². The molecule has 0 saturated carbocycles.